The second kappa shape index (κ2) is 5.56. The highest BCUT2D eigenvalue weighted by atomic mass is 35.5. The molecule has 1 aromatic rings. The Morgan fingerprint density at radius 1 is 1.44 bits per heavy atom. The quantitative estimate of drug-likeness (QED) is 0.865. The molecular formula is C12H15ClN2O3. The first-order valence-corrected chi connectivity index (χ1v) is 6.08. The number of benzene rings is 1. The van der Waals surface area contributed by atoms with Crippen molar-refractivity contribution in [3.05, 3.63) is 28.8 Å². The predicted molar refractivity (Wildman–Crippen MR) is 69.0 cm³/mol. The van der Waals surface area contributed by atoms with Crippen molar-refractivity contribution in [2.45, 2.75) is 6.04 Å². The Bertz CT molecular complexity index is 447. The summed E-state index contributed by atoms with van der Waals surface area (Å²) in [6.07, 6.45) is 0. The molecule has 6 heteroatoms. The van der Waals surface area contributed by atoms with E-state index in [1.165, 1.54) is 0 Å². The van der Waals surface area contributed by atoms with Crippen molar-refractivity contribution in [2.75, 3.05) is 31.2 Å². The number of carbonyl (C=O) groups is 1. The molecule has 0 spiro atoms. The molecule has 1 aliphatic heterocycles. The van der Waals surface area contributed by atoms with Crippen LogP contribution in [0.5, 0.6) is 0 Å². The van der Waals surface area contributed by atoms with Crippen LogP contribution < -0.4 is 10.6 Å². The van der Waals surface area contributed by atoms with Crippen LogP contribution in [0, 0.1) is 0 Å². The number of aliphatic carboxylic acids is 1. The number of carboxylic acids is 1. The van der Waals surface area contributed by atoms with E-state index in [9.17, 15) is 4.79 Å². The third-order valence-corrected chi connectivity index (χ3v) is 3.18. The van der Waals surface area contributed by atoms with Crippen LogP contribution in [0.2, 0.25) is 5.02 Å². The molecule has 1 aromatic carbocycles. The monoisotopic (exact) mass is 270 g/mol. The summed E-state index contributed by atoms with van der Waals surface area (Å²) in [4.78, 5) is 13.1. The lowest BCUT2D eigenvalue weighted by Crippen LogP contribution is -2.37. The summed E-state index contributed by atoms with van der Waals surface area (Å²) in [7, 11) is 0. The minimum absolute atomic E-state index is 0.485. The van der Waals surface area contributed by atoms with E-state index in [0.717, 1.165) is 18.8 Å². The summed E-state index contributed by atoms with van der Waals surface area (Å²) < 4.78 is 5.28. The lowest BCUT2D eigenvalue weighted by Gasteiger charge is -2.31. The van der Waals surface area contributed by atoms with Gasteiger partial charge in [0.05, 0.1) is 13.2 Å². The average molecular weight is 271 g/mol. The molecule has 0 aromatic heterocycles. The van der Waals surface area contributed by atoms with Crippen LogP contribution in [0.1, 0.15) is 11.6 Å². The smallest absolute Gasteiger partial charge is 0.325 e. The molecule has 1 aliphatic rings. The first-order chi connectivity index (χ1) is 8.59. The highest BCUT2D eigenvalue weighted by Gasteiger charge is 2.22. The molecule has 0 saturated carbocycles. The van der Waals surface area contributed by atoms with Crippen molar-refractivity contribution < 1.29 is 14.6 Å². The number of nitrogens with two attached hydrogens (primary N) is 1. The van der Waals surface area contributed by atoms with E-state index in [4.69, 9.17) is 27.2 Å². The molecule has 1 atom stereocenters. The van der Waals surface area contributed by atoms with Crippen molar-refractivity contribution in [1.82, 2.24) is 0 Å². The van der Waals surface area contributed by atoms with Gasteiger partial charge in [0.15, 0.2) is 0 Å². The molecule has 0 radical (unpaired) electrons. The average Bonchev–Trinajstić information content (AvgIpc) is 2.38. The van der Waals surface area contributed by atoms with Gasteiger partial charge in [0.25, 0.3) is 0 Å². The number of hydrogen-bond acceptors (Lipinski definition) is 4. The van der Waals surface area contributed by atoms with Gasteiger partial charge in [0.1, 0.15) is 6.04 Å². The normalized spacial score (nSPS) is 17.6. The van der Waals surface area contributed by atoms with Gasteiger partial charge in [-0.25, -0.2) is 0 Å². The topological polar surface area (TPSA) is 75.8 Å². The molecule has 0 aliphatic carbocycles. The van der Waals surface area contributed by atoms with Gasteiger partial charge in [0.2, 0.25) is 0 Å². The molecule has 1 fully saturated rings. The lowest BCUT2D eigenvalue weighted by molar-refractivity contribution is -0.138. The van der Waals surface area contributed by atoms with Crippen LogP contribution in [-0.4, -0.2) is 37.4 Å². The van der Waals surface area contributed by atoms with Crippen molar-refractivity contribution in [3.8, 4) is 0 Å². The standard InChI is InChI=1S/C12H15ClN2O3/c13-8-1-2-10(15-3-5-18-6-4-15)9(7-8)11(14)12(16)17/h1-2,7,11H,3-6,14H2,(H,16,17). The van der Waals surface area contributed by atoms with Gasteiger partial charge in [-0.3, -0.25) is 4.79 Å². The van der Waals surface area contributed by atoms with Crippen molar-refractivity contribution in [3.63, 3.8) is 0 Å². The van der Waals surface area contributed by atoms with Gasteiger partial charge in [-0.05, 0) is 18.2 Å². The first kappa shape index (κ1) is 13.1. The molecule has 3 N–H and O–H groups in total. The third-order valence-electron chi connectivity index (χ3n) is 2.94. The van der Waals surface area contributed by atoms with E-state index in [1.54, 1.807) is 12.1 Å². The zero-order valence-electron chi connectivity index (χ0n) is 9.80. The number of halogens is 1. The molecule has 5 nitrogen and oxygen atoms in total. The maximum absolute atomic E-state index is 11.0. The highest BCUT2D eigenvalue weighted by Crippen LogP contribution is 2.29. The summed E-state index contributed by atoms with van der Waals surface area (Å²) in [5.41, 5.74) is 7.05. The Kier molecular flexibility index (Phi) is 4.06. The summed E-state index contributed by atoms with van der Waals surface area (Å²) in [5, 5.41) is 9.52. The van der Waals surface area contributed by atoms with Gasteiger partial charge in [-0.1, -0.05) is 11.6 Å². The van der Waals surface area contributed by atoms with E-state index in [1.807, 2.05) is 6.07 Å². The van der Waals surface area contributed by atoms with E-state index in [0.29, 0.717) is 23.8 Å². The highest BCUT2D eigenvalue weighted by molar-refractivity contribution is 6.30. The summed E-state index contributed by atoms with van der Waals surface area (Å²) in [6.45, 7) is 2.71. The summed E-state index contributed by atoms with van der Waals surface area (Å²) in [5.74, 6) is -1.06. The van der Waals surface area contributed by atoms with Crippen LogP contribution in [0.25, 0.3) is 0 Å². The number of hydrogen-bond donors (Lipinski definition) is 2. The zero-order valence-corrected chi connectivity index (χ0v) is 10.6. The Morgan fingerprint density at radius 2 is 2.11 bits per heavy atom. The number of morpholine rings is 1. The lowest BCUT2D eigenvalue weighted by atomic mass is 10.0. The Balaban J connectivity index is 2.36. The van der Waals surface area contributed by atoms with Gasteiger partial charge in [0, 0.05) is 29.4 Å². The van der Waals surface area contributed by atoms with E-state index in [-0.39, 0.29) is 0 Å². The van der Waals surface area contributed by atoms with Gasteiger partial charge < -0.3 is 20.5 Å². The SMILES string of the molecule is NC(C(=O)O)c1cc(Cl)ccc1N1CCOCC1. The molecule has 1 saturated heterocycles. The number of carboxylic acid groups (broad SMARTS) is 1. The molecule has 0 amide bonds. The number of ether oxygens (including phenoxy) is 1. The number of nitrogens with zero attached hydrogens (tertiary/aromatic N) is 1. The van der Waals surface area contributed by atoms with Crippen molar-refractivity contribution >= 4 is 23.3 Å². The molecule has 0 bridgehead atoms. The predicted octanol–water partition coefficient (Wildman–Crippen LogP) is 1.26. The van der Waals surface area contributed by atoms with Crippen molar-refractivity contribution in [2.24, 2.45) is 5.73 Å². The van der Waals surface area contributed by atoms with E-state index >= 15 is 0 Å². The summed E-state index contributed by atoms with van der Waals surface area (Å²) in [6, 6.07) is 4.10. The van der Waals surface area contributed by atoms with Crippen molar-refractivity contribution in [1.29, 1.82) is 0 Å². The third kappa shape index (κ3) is 2.75. The number of anilines is 1. The second-order valence-electron chi connectivity index (χ2n) is 4.12. The van der Waals surface area contributed by atoms with Gasteiger partial charge >= 0.3 is 5.97 Å². The van der Waals surface area contributed by atoms with E-state index < -0.39 is 12.0 Å². The fourth-order valence-electron chi connectivity index (χ4n) is 2.00. The second-order valence-corrected chi connectivity index (χ2v) is 4.55. The minimum atomic E-state index is -1.07. The Labute approximate surface area is 110 Å². The fourth-order valence-corrected chi connectivity index (χ4v) is 2.18. The fraction of sp³-hybridized carbons (Fsp3) is 0.417. The Hall–Kier alpha value is -1.30. The van der Waals surface area contributed by atoms with Crippen LogP contribution in [0.3, 0.4) is 0 Å². The maximum Gasteiger partial charge on any atom is 0.325 e. The largest absolute Gasteiger partial charge is 0.480 e. The number of rotatable bonds is 3. The molecule has 2 rings (SSSR count). The molecule has 1 heterocycles. The van der Waals surface area contributed by atoms with Crippen LogP contribution >= 0.6 is 11.6 Å². The van der Waals surface area contributed by atoms with E-state index in [2.05, 4.69) is 4.90 Å². The van der Waals surface area contributed by atoms with Crippen LogP contribution in [0.4, 0.5) is 5.69 Å². The molecular weight excluding hydrogens is 256 g/mol. The molecule has 18 heavy (non-hydrogen) atoms. The first-order valence-electron chi connectivity index (χ1n) is 5.70. The minimum Gasteiger partial charge on any atom is -0.480 e. The molecule has 98 valence electrons. The zero-order chi connectivity index (χ0) is 13.1. The van der Waals surface area contributed by atoms with Gasteiger partial charge in [-0.15, -0.1) is 0 Å². The maximum atomic E-state index is 11.0. The summed E-state index contributed by atoms with van der Waals surface area (Å²) >= 11 is 5.91. The van der Waals surface area contributed by atoms with Crippen LogP contribution in [-0.2, 0) is 9.53 Å². The Morgan fingerprint density at radius 3 is 2.72 bits per heavy atom. The molecule has 1 unspecified atom stereocenters. The van der Waals surface area contributed by atoms with Gasteiger partial charge in [-0.2, -0.15) is 0 Å². The van der Waals surface area contributed by atoms with Crippen LogP contribution in [0.15, 0.2) is 18.2 Å².